The number of halogens is 1. The summed E-state index contributed by atoms with van der Waals surface area (Å²) < 4.78 is 1.16. The molecular formula is C13H18BrN. The second-order valence-electron chi connectivity index (χ2n) is 5.06. The fraction of sp³-hybridized carbons (Fsp3) is 0.538. The average molecular weight is 268 g/mol. The van der Waals surface area contributed by atoms with Crippen molar-refractivity contribution in [3.05, 3.63) is 28.7 Å². The van der Waals surface area contributed by atoms with Crippen molar-refractivity contribution in [1.29, 1.82) is 0 Å². The van der Waals surface area contributed by atoms with Gasteiger partial charge in [0.25, 0.3) is 0 Å². The maximum atomic E-state index is 3.65. The van der Waals surface area contributed by atoms with Crippen molar-refractivity contribution in [1.82, 2.24) is 0 Å². The molecule has 0 heterocycles. The van der Waals surface area contributed by atoms with Gasteiger partial charge in [0.05, 0.1) is 0 Å². The molecule has 1 aliphatic carbocycles. The van der Waals surface area contributed by atoms with Gasteiger partial charge in [0.2, 0.25) is 0 Å². The standard InChI is InChI=1S/C13H18BrN/c1-13(2)9-5-8-12(13)15-11-7-4-3-6-10(11)14/h3-4,6-7,12,15H,5,8-9H2,1-2H3. The molecule has 1 N–H and O–H groups in total. The van der Waals surface area contributed by atoms with Crippen LogP contribution in [0, 0.1) is 5.41 Å². The predicted molar refractivity (Wildman–Crippen MR) is 69.2 cm³/mol. The zero-order valence-electron chi connectivity index (χ0n) is 9.39. The van der Waals surface area contributed by atoms with Crippen LogP contribution in [0.25, 0.3) is 0 Å². The Morgan fingerprint density at radius 3 is 2.67 bits per heavy atom. The first-order valence-corrected chi connectivity index (χ1v) is 6.40. The summed E-state index contributed by atoms with van der Waals surface area (Å²) >= 11 is 3.58. The van der Waals surface area contributed by atoms with Crippen LogP contribution in [0.5, 0.6) is 0 Å². The number of benzene rings is 1. The highest BCUT2D eigenvalue weighted by atomic mass is 79.9. The van der Waals surface area contributed by atoms with Gasteiger partial charge in [-0.05, 0) is 46.3 Å². The Balaban J connectivity index is 2.12. The number of para-hydroxylation sites is 1. The van der Waals surface area contributed by atoms with Gasteiger partial charge < -0.3 is 5.32 Å². The van der Waals surface area contributed by atoms with E-state index in [9.17, 15) is 0 Å². The summed E-state index contributed by atoms with van der Waals surface area (Å²) in [5.41, 5.74) is 1.65. The van der Waals surface area contributed by atoms with Crippen molar-refractivity contribution in [2.45, 2.75) is 39.2 Å². The fourth-order valence-corrected chi connectivity index (χ4v) is 2.76. The van der Waals surface area contributed by atoms with Crippen molar-refractivity contribution < 1.29 is 0 Å². The van der Waals surface area contributed by atoms with E-state index in [-0.39, 0.29) is 0 Å². The average Bonchev–Trinajstić information content (AvgIpc) is 2.50. The van der Waals surface area contributed by atoms with Crippen LogP contribution in [0.3, 0.4) is 0 Å². The Morgan fingerprint density at radius 2 is 2.07 bits per heavy atom. The zero-order chi connectivity index (χ0) is 10.9. The monoisotopic (exact) mass is 267 g/mol. The van der Waals surface area contributed by atoms with Crippen LogP contribution in [0.15, 0.2) is 28.7 Å². The molecule has 1 nitrogen and oxygen atoms in total. The molecule has 0 aromatic heterocycles. The van der Waals surface area contributed by atoms with Gasteiger partial charge in [-0.2, -0.15) is 0 Å². The lowest BCUT2D eigenvalue weighted by Crippen LogP contribution is -2.30. The first-order valence-electron chi connectivity index (χ1n) is 5.61. The van der Waals surface area contributed by atoms with E-state index in [1.54, 1.807) is 0 Å². The molecule has 15 heavy (non-hydrogen) atoms. The van der Waals surface area contributed by atoms with E-state index in [1.165, 1.54) is 24.9 Å². The number of rotatable bonds is 2. The molecule has 82 valence electrons. The molecule has 1 fully saturated rings. The molecule has 0 aliphatic heterocycles. The van der Waals surface area contributed by atoms with Gasteiger partial charge in [-0.15, -0.1) is 0 Å². The van der Waals surface area contributed by atoms with E-state index in [0.717, 1.165) is 4.47 Å². The van der Waals surface area contributed by atoms with E-state index >= 15 is 0 Å². The van der Waals surface area contributed by atoms with Gasteiger partial charge in [-0.3, -0.25) is 0 Å². The normalized spacial score (nSPS) is 24.1. The van der Waals surface area contributed by atoms with Gasteiger partial charge in [-0.1, -0.05) is 32.4 Å². The molecule has 1 aromatic rings. The second-order valence-corrected chi connectivity index (χ2v) is 5.91. The number of anilines is 1. The number of hydrogen-bond acceptors (Lipinski definition) is 1. The lowest BCUT2D eigenvalue weighted by atomic mass is 9.87. The van der Waals surface area contributed by atoms with Crippen LogP contribution < -0.4 is 5.32 Å². The van der Waals surface area contributed by atoms with E-state index in [0.29, 0.717) is 11.5 Å². The molecule has 1 atom stereocenters. The molecule has 1 aliphatic rings. The Bertz CT molecular complexity index is 346. The Morgan fingerprint density at radius 1 is 1.33 bits per heavy atom. The smallest absolute Gasteiger partial charge is 0.0486 e. The summed E-state index contributed by atoms with van der Waals surface area (Å²) in [4.78, 5) is 0. The fourth-order valence-electron chi connectivity index (χ4n) is 2.36. The minimum Gasteiger partial charge on any atom is -0.381 e. The van der Waals surface area contributed by atoms with Gasteiger partial charge >= 0.3 is 0 Å². The molecule has 1 saturated carbocycles. The molecule has 2 rings (SSSR count). The van der Waals surface area contributed by atoms with Crippen LogP contribution in [-0.2, 0) is 0 Å². The first kappa shape index (κ1) is 11.0. The van der Waals surface area contributed by atoms with Gasteiger partial charge in [0, 0.05) is 16.2 Å². The Hall–Kier alpha value is -0.500. The van der Waals surface area contributed by atoms with Gasteiger partial charge in [-0.25, -0.2) is 0 Å². The maximum absolute atomic E-state index is 3.65. The van der Waals surface area contributed by atoms with Crippen molar-refractivity contribution in [2.75, 3.05) is 5.32 Å². The molecule has 0 amide bonds. The van der Waals surface area contributed by atoms with Crippen molar-refractivity contribution >= 4 is 21.6 Å². The number of nitrogens with one attached hydrogen (secondary N) is 1. The van der Waals surface area contributed by atoms with Crippen LogP contribution >= 0.6 is 15.9 Å². The lowest BCUT2D eigenvalue weighted by molar-refractivity contribution is 0.350. The minimum atomic E-state index is 0.426. The van der Waals surface area contributed by atoms with Crippen LogP contribution in [-0.4, -0.2) is 6.04 Å². The quantitative estimate of drug-likeness (QED) is 0.836. The van der Waals surface area contributed by atoms with Crippen LogP contribution in [0.2, 0.25) is 0 Å². The Labute approximate surface area is 100 Å². The third kappa shape index (κ3) is 2.36. The molecule has 0 spiro atoms. The molecular weight excluding hydrogens is 250 g/mol. The SMILES string of the molecule is CC1(C)CCCC1Nc1ccccc1Br. The summed E-state index contributed by atoms with van der Waals surface area (Å²) in [6.45, 7) is 4.71. The predicted octanol–water partition coefficient (Wildman–Crippen LogP) is 4.44. The largest absolute Gasteiger partial charge is 0.381 e. The molecule has 0 saturated heterocycles. The van der Waals surface area contributed by atoms with Crippen molar-refractivity contribution in [2.24, 2.45) is 5.41 Å². The number of hydrogen-bond donors (Lipinski definition) is 1. The van der Waals surface area contributed by atoms with E-state index in [1.807, 2.05) is 0 Å². The molecule has 1 aromatic carbocycles. The zero-order valence-corrected chi connectivity index (χ0v) is 11.0. The Kier molecular flexibility index (Phi) is 3.06. The molecule has 0 bridgehead atoms. The molecule has 2 heteroatoms. The topological polar surface area (TPSA) is 12.0 Å². The first-order chi connectivity index (χ1) is 7.09. The second kappa shape index (κ2) is 4.17. The van der Waals surface area contributed by atoms with E-state index in [2.05, 4.69) is 59.4 Å². The highest BCUT2D eigenvalue weighted by Gasteiger charge is 2.34. The third-order valence-corrected chi connectivity index (χ3v) is 4.15. The third-order valence-electron chi connectivity index (χ3n) is 3.46. The van der Waals surface area contributed by atoms with Gasteiger partial charge in [0.15, 0.2) is 0 Å². The van der Waals surface area contributed by atoms with E-state index < -0.39 is 0 Å². The summed E-state index contributed by atoms with van der Waals surface area (Å²) in [5.74, 6) is 0. The van der Waals surface area contributed by atoms with Crippen LogP contribution in [0.1, 0.15) is 33.1 Å². The summed E-state index contributed by atoms with van der Waals surface area (Å²) in [5, 5.41) is 3.65. The highest BCUT2D eigenvalue weighted by Crippen LogP contribution is 2.39. The van der Waals surface area contributed by atoms with Gasteiger partial charge in [0.1, 0.15) is 0 Å². The van der Waals surface area contributed by atoms with Crippen molar-refractivity contribution in [3.63, 3.8) is 0 Å². The highest BCUT2D eigenvalue weighted by molar-refractivity contribution is 9.10. The molecule has 0 radical (unpaired) electrons. The van der Waals surface area contributed by atoms with Crippen molar-refractivity contribution in [3.8, 4) is 0 Å². The minimum absolute atomic E-state index is 0.426. The summed E-state index contributed by atoms with van der Waals surface area (Å²) in [7, 11) is 0. The lowest BCUT2D eigenvalue weighted by Gasteiger charge is -2.29. The molecule has 1 unspecified atom stereocenters. The van der Waals surface area contributed by atoms with E-state index in [4.69, 9.17) is 0 Å². The summed E-state index contributed by atoms with van der Waals surface area (Å²) in [6, 6.07) is 8.96. The maximum Gasteiger partial charge on any atom is 0.0486 e. The summed E-state index contributed by atoms with van der Waals surface area (Å²) in [6.07, 6.45) is 3.96. The van der Waals surface area contributed by atoms with Crippen LogP contribution in [0.4, 0.5) is 5.69 Å².